The molecular weight excluding hydrogens is 212 g/mol. The van der Waals surface area contributed by atoms with Crippen LogP contribution in [0.4, 0.5) is 0 Å². The van der Waals surface area contributed by atoms with Gasteiger partial charge in [-0.2, -0.15) is 0 Å². The molecule has 2 rings (SSSR count). The summed E-state index contributed by atoms with van der Waals surface area (Å²) in [6.07, 6.45) is 6.99. The Hall–Kier alpha value is -0.120. The molecule has 1 heterocycles. The summed E-state index contributed by atoms with van der Waals surface area (Å²) in [6, 6.07) is 0.736. The summed E-state index contributed by atoms with van der Waals surface area (Å²) in [5.41, 5.74) is -0.436. The van der Waals surface area contributed by atoms with Gasteiger partial charge in [-0.3, -0.25) is 0 Å². The fourth-order valence-electron chi connectivity index (χ4n) is 3.40. The maximum Gasteiger partial charge on any atom is 0.0772 e. The third-order valence-corrected chi connectivity index (χ3v) is 4.73. The van der Waals surface area contributed by atoms with Crippen LogP contribution in [0.2, 0.25) is 0 Å². The van der Waals surface area contributed by atoms with Crippen molar-refractivity contribution in [2.24, 2.45) is 5.92 Å². The molecule has 0 spiro atoms. The first-order valence-corrected chi connectivity index (χ1v) is 7.24. The molecule has 0 radical (unpaired) electrons. The summed E-state index contributed by atoms with van der Waals surface area (Å²) in [4.78, 5) is 2.67. The molecule has 0 unspecified atom stereocenters. The van der Waals surface area contributed by atoms with E-state index in [0.717, 1.165) is 31.3 Å². The van der Waals surface area contributed by atoms with Crippen LogP contribution in [0.25, 0.3) is 0 Å². The quantitative estimate of drug-likeness (QED) is 0.787. The fraction of sp³-hybridized carbons (Fsp3) is 1.00. The van der Waals surface area contributed by atoms with Crippen LogP contribution < -0.4 is 5.32 Å². The average Bonchev–Trinajstić information content (AvgIpc) is 2.31. The Balaban J connectivity index is 1.79. The number of aliphatic hydroxyl groups is 1. The van der Waals surface area contributed by atoms with Crippen LogP contribution in [-0.4, -0.2) is 48.3 Å². The van der Waals surface area contributed by atoms with E-state index >= 15 is 0 Å². The molecule has 0 aromatic rings. The van der Waals surface area contributed by atoms with E-state index in [2.05, 4.69) is 17.1 Å². The van der Waals surface area contributed by atoms with Gasteiger partial charge in [-0.1, -0.05) is 6.92 Å². The predicted octanol–water partition coefficient (Wildman–Crippen LogP) is 1.61. The Kier molecular flexibility index (Phi) is 4.45. The molecule has 0 bridgehead atoms. The highest BCUT2D eigenvalue weighted by Gasteiger charge is 2.35. The topological polar surface area (TPSA) is 35.5 Å². The summed E-state index contributed by atoms with van der Waals surface area (Å²) < 4.78 is 0. The lowest BCUT2D eigenvalue weighted by Crippen LogP contribution is -2.49. The van der Waals surface area contributed by atoms with Gasteiger partial charge in [0.15, 0.2) is 0 Å². The molecule has 2 N–H and O–H groups in total. The van der Waals surface area contributed by atoms with E-state index < -0.39 is 5.60 Å². The predicted molar refractivity (Wildman–Crippen MR) is 71.1 cm³/mol. The van der Waals surface area contributed by atoms with E-state index in [9.17, 15) is 5.11 Å². The molecule has 0 amide bonds. The maximum absolute atomic E-state index is 10.3. The summed E-state index contributed by atoms with van der Waals surface area (Å²) >= 11 is 0. The highest BCUT2D eigenvalue weighted by Crippen LogP contribution is 2.32. The molecule has 1 aliphatic carbocycles. The zero-order valence-electron chi connectivity index (χ0n) is 11.4. The normalized spacial score (nSPS) is 37.2. The number of hydrogen-bond acceptors (Lipinski definition) is 3. The summed E-state index contributed by atoms with van der Waals surface area (Å²) in [6.45, 7) is 5.66. The van der Waals surface area contributed by atoms with Gasteiger partial charge in [0.25, 0.3) is 0 Å². The van der Waals surface area contributed by atoms with Crippen LogP contribution in [0.5, 0.6) is 0 Å². The second-order valence-electron chi connectivity index (χ2n) is 6.20. The molecule has 1 aliphatic heterocycles. The minimum absolute atomic E-state index is 0.436. The van der Waals surface area contributed by atoms with E-state index in [-0.39, 0.29) is 0 Å². The van der Waals surface area contributed by atoms with Crippen LogP contribution in [-0.2, 0) is 0 Å². The van der Waals surface area contributed by atoms with Gasteiger partial charge in [-0.15, -0.1) is 0 Å². The monoisotopic (exact) mass is 240 g/mol. The lowest BCUT2D eigenvalue weighted by Gasteiger charge is -2.43. The average molecular weight is 240 g/mol. The van der Waals surface area contributed by atoms with Crippen molar-refractivity contribution >= 4 is 0 Å². The molecule has 3 nitrogen and oxygen atoms in total. The molecule has 17 heavy (non-hydrogen) atoms. The van der Waals surface area contributed by atoms with Crippen LogP contribution in [0, 0.1) is 5.92 Å². The largest absolute Gasteiger partial charge is 0.389 e. The van der Waals surface area contributed by atoms with Crippen molar-refractivity contribution < 1.29 is 5.11 Å². The van der Waals surface area contributed by atoms with Gasteiger partial charge in [-0.05, 0) is 64.6 Å². The summed E-state index contributed by atoms with van der Waals surface area (Å²) in [7, 11) is 1.93. The number of likely N-dealkylation sites (N-methyl/N-ethyl adjacent to an activating group) is 1. The first-order valence-electron chi connectivity index (χ1n) is 7.24. The summed E-state index contributed by atoms with van der Waals surface area (Å²) in [5, 5.41) is 13.5. The van der Waals surface area contributed by atoms with Crippen molar-refractivity contribution in [3.05, 3.63) is 0 Å². The number of nitrogens with zero attached hydrogens (tertiary/aromatic N) is 1. The van der Waals surface area contributed by atoms with Crippen molar-refractivity contribution in [2.75, 3.05) is 26.7 Å². The van der Waals surface area contributed by atoms with E-state index in [1.54, 1.807) is 0 Å². The Labute approximate surface area is 106 Å². The van der Waals surface area contributed by atoms with Crippen molar-refractivity contribution in [2.45, 2.75) is 57.1 Å². The molecule has 2 fully saturated rings. The molecular formula is C14H28N2O. The van der Waals surface area contributed by atoms with Crippen LogP contribution in [0.1, 0.15) is 45.4 Å². The number of nitrogens with one attached hydrogen (secondary N) is 1. The fourth-order valence-corrected chi connectivity index (χ4v) is 3.40. The molecule has 0 aromatic carbocycles. The molecule has 0 atom stereocenters. The number of rotatable bonds is 3. The van der Waals surface area contributed by atoms with Crippen molar-refractivity contribution in [1.82, 2.24) is 10.2 Å². The number of piperidine rings is 1. The Morgan fingerprint density at radius 1 is 1.18 bits per heavy atom. The van der Waals surface area contributed by atoms with Gasteiger partial charge >= 0.3 is 0 Å². The summed E-state index contributed by atoms with van der Waals surface area (Å²) in [5.74, 6) is 0.913. The Morgan fingerprint density at radius 2 is 1.76 bits per heavy atom. The second-order valence-corrected chi connectivity index (χ2v) is 6.20. The van der Waals surface area contributed by atoms with Gasteiger partial charge in [0.05, 0.1) is 5.60 Å². The molecule has 2 aliphatic rings. The van der Waals surface area contributed by atoms with Gasteiger partial charge in [0, 0.05) is 12.6 Å². The van der Waals surface area contributed by atoms with Gasteiger partial charge in [0.2, 0.25) is 0 Å². The Bertz CT molecular complexity index is 228. The zero-order chi connectivity index (χ0) is 12.3. The molecule has 1 saturated carbocycles. The van der Waals surface area contributed by atoms with E-state index in [4.69, 9.17) is 0 Å². The van der Waals surface area contributed by atoms with Crippen molar-refractivity contribution in [1.29, 1.82) is 0 Å². The SMILES string of the molecule is CNCC1(O)CCC(N2CCC(C)CC2)CC1. The van der Waals surface area contributed by atoms with E-state index in [0.29, 0.717) is 0 Å². The maximum atomic E-state index is 10.3. The van der Waals surface area contributed by atoms with Crippen LogP contribution in [0.3, 0.4) is 0 Å². The molecule has 3 heteroatoms. The molecule has 0 aromatic heterocycles. The smallest absolute Gasteiger partial charge is 0.0772 e. The standard InChI is InChI=1S/C14H28N2O/c1-12-5-9-16(10-6-12)13-3-7-14(17,8-4-13)11-15-2/h12-13,15,17H,3-11H2,1-2H3. The van der Waals surface area contributed by atoms with Crippen molar-refractivity contribution in [3.8, 4) is 0 Å². The minimum atomic E-state index is -0.436. The minimum Gasteiger partial charge on any atom is -0.389 e. The zero-order valence-corrected chi connectivity index (χ0v) is 11.4. The number of hydrogen-bond donors (Lipinski definition) is 2. The first kappa shape index (κ1) is 13.3. The third-order valence-electron chi connectivity index (χ3n) is 4.73. The van der Waals surface area contributed by atoms with Gasteiger partial charge < -0.3 is 15.3 Å². The Morgan fingerprint density at radius 3 is 2.29 bits per heavy atom. The van der Waals surface area contributed by atoms with Crippen LogP contribution >= 0.6 is 0 Å². The highest BCUT2D eigenvalue weighted by molar-refractivity contribution is 4.91. The van der Waals surface area contributed by atoms with Crippen LogP contribution in [0.15, 0.2) is 0 Å². The van der Waals surface area contributed by atoms with Gasteiger partial charge in [0.1, 0.15) is 0 Å². The second kappa shape index (κ2) is 5.68. The first-order chi connectivity index (χ1) is 8.13. The molecule has 1 saturated heterocycles. The highest BCUT2D eigenvalue weighted by atomic mass is 16.3. The van der Waals surface area contributed by atoms with Gasteiger partial charge in [-0.25, -0.2) is 0 Å². The van der Waals surface area contributed by atoms with E-state index in [1.165, 1.54) is 38.8 Å². The molecule has 100 valence electrons. The third kappa shape index (κ3) is 3.43. The van der Waals surface area contributed by atoms with E-state index in [1.807, 2.05) is 7.05 Å². The number of likely N-dealkylation sites (tertiary alicyclic amines) is 1. The lowest BCUT2D eigenvalue weighted by molar-refractivity contribution is -0.0223. The lowest BCUT2D eigenvalue weighted by atomic mass is 9.81. The van der Waals surface area contributed by atoms with Crippen molar-refractivity contribution in [3.63, 3.8) is 0 Å².